The molecule has 4 aromatic rings. The second-order valence-electron chi connectivity index (χ2n) is 10.7. The van der Waals surface area contributed by atoms with Crippen LogP contribution in [0, 0.1) is 5.92 Å². The van der Waals surface area contributed by atoms with Gasteiger partial charge in [-0.25, -0.2) is 4.68 Å². The molecule has 2 fully saturated rings. The number of nitrogens with zero attached hydrogens (tertiary/aromatic N) is 4. The molecule has 2 atom stereocenters. The van der Waals surface area contributed by atoms with Crippen LogP contribution in [-0.2, 0) is 5.54 Å². The number of carbonyl (C=O) groups is 1. The van der Waals surface area contributed by atoms with E-state index in [1.165, 1.54) is 30.5 Å². The highest BCUT2D eigenvalue weighted by molar-refractivity contribution is 6.04. The Hall–Kier alpha value is -3.64. The van der Waals surface area contributed by atoms with Crippen molar-refractivity contribution in [3.8, 4) is 5.69 Å². The number of hydrogen-bond donors (Lipinski definition) is 1. The van der Waals surface area contributed by atoms with Gasteiger partial charge < -0.3 is 10.6 Å². The highest BCUT2D eigenvalue weighted by Crippen LogP contribution is 2.45. The van der Waals surface area contributed by atoms with Crippen molar-refractivity contribution in [1.29, 1.82) is 0 Å². The van der Waals surface area contributed by atoms with Gasteiger partial charge in [0.05, 0.1) is 11.2 Å². The van der Waals surface area contributed by atoms with Crippen molar-refractivity contribution in [1.82, 2.24) is 14.7 Å². The number of amides is 1. The molecule has 2 N–H and O–H groups in total. The molecule has 1 aromatic heterocycles. The van der Waals surface area contributed by atoms with Gasteiger partial charge in [0.25, 0.3) is 5.91 Å². The summed E-state index contributed by atoms with van der Waals surface area (Å²) in [6.45, 7) is 6.56. The van der Waals surface area contributed by atoms with Gasteiger partial charge in [0.1, 0.15) is 0 Å². The molecule has 37 heavy (non-hydrogen) atoms. The van der Waals surface area contributed by atoms with Crippen molar-refractivity contribution in [2.75, 3.05) is 31.1 Å². The molecule has 1 saturated carbocycles. The molecule has 1 amide bonds. The lowest BCUT2D eigenvalue weighted by molar-refractivity contribution is 0.0242. The van der Waals surface area contributed by atoms with E-state index >= 15 is 0 Å². The molecule has 6 heteroatoms. The molecule has 1 aliphatic carbocycles. The minimum atomic E-state index is -0.500. The summed E-state index contributed by atoms with van der Waals surface area (Å²) in [6.07, 6.45) is 4.85. The van der Waals surface area contributed by atoms with E-state index in [1.807, 2.05) is 28.9 Å². The van der Waals surface area contributed by atoms with Crippen LogP contribution >= 0.6 is 0 Å². The van der Waals surface area contributed by atoms with Crippen molar-refractivity contribution in [2.45, 2.75) is 38.1 Å². The van der Waals surface area contributed by atoms with Crippen LogP contribution in [0.25, 0.3) is 16.6 Å². The number of hydrogen-bond acceptors (Lipinski definition) is 4. The average Bonchev–Trinajstić information content (AvgIpc) is 3.34. The van der Waals surface area contributed by atoms with E-state index in [4.69, 9.17) is 5.73 Å². The molecule has 2 unspecified atom stereocenters. The number of piperazine rings is 1. The molecular weight excluding hydrogens is 458 g/mol. The monoisotopic (exact) mass is 493 g/mol. The molecule has 3 aromatic carbocycles. The molecule has 0 spiro atoms. The lowest BCUT2D eigenvalue weighted by Crippen LogP contribution is -2.57. The number of benzene rings is 3. The van der Waals surface area contributed by atoms with E-state index in [0.29, 0.717) is 11.6 Å². The lowest BCUT2D eigenvalue weighted by Gasteiger charge is -2.52. The second kappa shape index (κ2) is 9.67. The number of primary amides is 1. The molecule has 6 nitrogen and oxygen atoms in total. The largest absolute Gasteiger partial charge is 0.369 e. The van der Waals surface area contributed by atoms with Crippen molar-refractivity contribution in [2.24, 2.45) is 11.7 Å². The summed E-state index contributed by atoms with van der Waals surface area (Å²) in [6, 6.07) is 27.4. The number of aromatic nitrogens is 2. The Morgan fingerprint density at radius 1 is 0.919 bits per heavy atom. The zero-order chi connectivity index (χ0) is 25.4. The van der Waals surface area contributed by atoms with E-state index in [2.05, 4.69) is 76.4 Å². The van der Waals surface area contributed by atoms with Crippen LogP contribution in [0.5, 0.6) is 0 Å². The summed E-state index contributed by atoms with van der Waals surface area (Å²) in [5.41, 5.74) is 10.5. The van der Waals surface area contributed by atoms with E-state index in [0.717, 1.165) is 49.2 Å². The summed E-state index contributed by atoms with van der Waals surface area (Å²) in [5, 5.41) is 5.45. The predicted octanol–water partition coefficient (Wildman–Crippen LogP) is 5.35. The van der Waals surface area contributed by atoms with Gasteiger partial charge in [-0.1, -0.05) is 68.3 Å². The fourth-order valence-electron chi connectivity index (χ4n) is 6.66. The van der Waals surface area contributed by atoms with E-state index in [-0.39, 0.29) is 5.54 Å². The Kier molecular flexibility index (Phi) is 6.21. The first kappa shape index (κ1) is 23.7. The number of para-hydroxylation sites is 2. The van der Waals surface area contributed by atoms with Gasteiger partial charge in [-0.3, -0.25) is 9.69 Å². The number of nitrogens with two attached hydrogens (primary N) is 1. The van der Waals surface area contributed by atoms with Gasteiger partial charge in [-0.15, -0.1) is 0 Å². The van der Waals surface area contributed by atoms with Crippen LogP contribution in [0.4, 0.5) is 5.69 Å². The minimum Gasteiger partial charge on any atom is -0.369 e. The first-order valence-corrected chi connectivity index (χ1v) is 13.5. The summed E-state index contributed by atoms with van der Waals surface area (Å²) in [5.74, 6) is 0.177. The molecule has 1 aliphatic heterocycles. The van der Waals surface area contributed by atoms with Crippen molar-refractivity contribution in [3.63, 3.8) is 0 Å². The number of anilines is 1. The van der Waals surface area contributed by atoms with Crippen molar-refractivity contribution in [3.05, 3.63) is 90.1 Å². The van der Waals surface area contributed by atoms with Crippen LogP contribution in [-0.4, -0.2) is 46.8 Å². The average molecular weight is 494 g/mol. The van der Waals surface area contributed by atoms with Gasteiger partial charge in [0.2, 0.25) is 0 Å². The van der Waals surface area contributed by atoms with Gasteiger partial charge in [-0.05, 0) is 54.7 Å². The summed E-state index contributed by atoms with van der Waals surface area (Å²) in [7, 11) is 0. The quantitative estimate of drug-likeness (QED) is 0.407. The molecule has 2 aliphatic rings. The Balaban J connectivity index is 1.37. The van der Waals surface area contributed by atoms with Gasteiger partial charge in [-0.2, -0.15) is 5.10 Å². The van der Waals surface area contributed by atoms with E-state index < -0.39 is 5.91 Å². The lowest BCUT2D eigenvalue weighted by atomic mass is 9.71. The van der Waals surface area contributed by atoms with E-state index in [1.54, 1.807) is 0 Å². The molecule has 1 saturated heterocycles. The van der Waals surface area contributed by atoms with Crippen LogP contribution in [0.3, 0.4) is 0 Å². The van der Waals surface area contributed by atoms with Crippen LogP contribution in [0.1, 0.15) is 48.7 Å². The highest BCUT2D eigenvalue weighted by Gasteiger charge is 2.43. The molecule has 2 heterocycles. The van der Waals surface area contributed by atoms with Gasteiger partial charge in [0, 0.05) is 42.8 Å². The minimum absolute atomic E-state index is 0.00588. The van der Waals surface area contributed by atoms with Crippen LogP contribution < -0.4 is 10.6 Å². The summed E-state index contributed by atoms with van der Waals surface area (Å²) >= 11 is 0. The zero-order valence-electron chi connectivity index (χ0n) is 21.5. The van der Waals surface area contributed by atoms with Crippen LogP contribution in [0.2, 0.25) is 0 Å². The molecule has 0 radical (unpaired) electrons. The summed E-state index contributed by atoms with van der Waals surface area (Å²) < 4.78 is 1.88. The first-order chi connectivity index (χ1) is 18.0. The zero-order valence-corrected chi connectivity index (χ0v) is 21.5. The number of fused-ring (bicyclic) bond motifs is 1. The van der Waals surface area contributed by atoms with Crippen molar-refractivity contribution < 1.29 is 4.79 Å². The van der Waals surface area contributed by atoms with Gasteiger partial charge in [0.15, 0.2) is 5.69 Å². The van der Waals surface area contributed by atoms with Gasteiger partial charge >= 0.3 is 0 Å². The van der Waals surface area contributed by atoms with Crippen LogP contribution in [0.15, 0.2) is 78.9 Å². The fourth-order valence-corrected chi connectivity index (χ4v) is 6.66. The topological polar surface area (TPSA) is 67.4 Å². The normalized spacial score (nSPS) is 22.8. The first-order valence-electron chi connectivity index (χ1n) is 13.5. The summed E-state index contributed by atoms with van der Waals surface area (Å²) in [4.78, 5) is 17.4. The standard InChI is InChI=1S/C31H35N5O/c1-23-9-8-16-31(22-23,35-19-17-34(18-20-35)25-11-3-2-4-12-25)24-10-7-13-26(21-24)36-28-15-6-5-14-27(28)29(33-36)30(32)37/h2-7,10-15,21,23H,8-9,16-20,22H2,1H3,(H2,32,37). The molecular formula is C31H35N5O. The smallest absolute Gasteiger partial charge is 0.269 e. The third-order valence-corrected chi connectivity index (χ3v) is 8.43. The maximum absolute atomic E-state index is 12.1. The third-order valence-electron chi connectivity index (χ3n) is 8.43. The Morgan fingerprint density at radius 2 is 1.65 bits per heavy atom. The highest BCUT2D eigenvalue weighted by atomic mass is 16.1. The molecule has 190 valence electrons. The third kappa shape index (κ3) is 4.29. The van der Waals surface area contributed by atoms with E-state index in [9.17, 15) is 4.79 Å². The SMILES string of the molecule is CC1CCCC(c2cccc(-n3nc(C(N)=O)c4ccccc43)c2)(N2CCN(c3ccccc3)CC2)C1. The maximum atomic E-state index is 12.1. The number of rotatable bonds is 5. The Labute approximate surface area is 218 Å². The Morgan fingerprint density at radius 3 is 2.41 bits per heavy atom. The second-order valence-corrected chi connectivity index (χ2v) is 10.7. The predicted molar refractivity (Wildman–Crippen MR) is 149 cm³/mol. The fraction of sp³-hybridized carbons (Fsp3) is 0.355. The Bertz CT molecular complexity index is 1410. The molecule has 0 bridgehead atoms. The van der Waals surface area contributed by atoms with Crippen molar-refractivity contribution >= 4 is 22.5 Å². The molecule has 6 rings (SSSR count). The maximum Gasteiger partial charge on any atom is 0.269 e. The number of carbonyl (C=O) groups excluding carboxylic acids is 1.